The van der Waals surface area contributed by atoms with Crippen LogP contribution in [0, 0.1) is 13.8 Å². The summed E-state index contributed by atoms with van der Waals surface area (Å²) in [6.45, 7) is 4.43. The van der Waals surface area contributed by atoms with Crippen molar-refractivity contribution in [2.24, 2.45) is 0 Å². The van der Waals surface area contributed by atoms with Gasteiger partial charge in [-0.25, -0.2) is 4.79 Å². The average molecular weight is 431 g/mol. The lowest BCUT2D eigenvalue weighted by Crippen LogP contribution is -2.16. The second kappa shape index (κ2) is 9.92. The minimum atomic E-state index is -0.636. The van der Waals surface area contributed by atoms with Crippen LogP contribution in [0.2, 0.25) is 0 Å². The van der Waals surface area contributed by atoms with E-state index in [9.17, 15) is 14.4 Å². The molecule has 0 bridgehead atoms. The number of esters is 1. The molecule has 0 aliphatic carbocycles. The number of carbonyl (C=O) groups excluding carboxylic acids is 3. The lowest BCUT2D eigenvalue weighted by Gasteiger charge is -2.10. The van der Waals surface area contributed by atoms with Crippen molar-refractivity contribution in [3.8, 4) is 5.75 Å². The van der Waals surface area contributed by atoms with Gasteiger partial charge in [0.15, 0.2) is 12.4 Å². The molecule has 32 heavy (non-hydrogen) atoms. The average Bonchev–Trinajstić information content (AvgIpc) is 3.10. The molecule has 164 valence electrons. The third kappa shape index (κ3) is 4.86. The summed E-state index contributed by atoms with van der Waals surface area (Å²) in [5.74, 6) is -0.559. The Morgan fingerprint density at radius 3 is 2.25 bits per heavy atom. The molecule has 0 amide bonds. The summed E-state index contributed by atoms with van der Waals surface area (Å²) in [7, 11) is 1.56. The number of Topliss-reactive ketones (excluding diaryl/α,β-unsaturated/α-hetero) is 2. The van der Waals surface area contributed by atoms with Crippen molar-refractivity contribution in [2.45, 2.75) is 20.8 Å². The van der Waals surface area contributed by atoms with Crippen LogP contribution >= 0.6 is 0 Å². The summed E-state index contributed by atoms with van der Waals surface area (Å²) < 4.78 is 10.8. The molecule has 0 aliphatic rings. The smallest absolute Gasteiger partial charge is 0.339 e. The van der Waals surface area contributed by atoms with E-state index in [1.54, 1.807) is 45.2 Å². The zero-order valence-corrected chi connectivity index (χ0v) is 18.5. The Bertz CT molecular complexity index is 1190. The molecule has 0 radical (unpaired) electrons. The predicted octanol–water partition coefficient (Wildman–Crippen LogP) is 4.81. The van der Waals surface area contributed by atoms with Gasteiger partial charge in [0.05, 0.1) is 18.4 Å². The van der Waals surface area contributed by atoms with E-state index in [1.165, 1.54) is 6.92 Å². The number of aromatic nitrogens is 1. The predicted molar refractivity (Wildman–Crippen MR) is 123 cm³/mol. The van der Waals surface area contributed by atoms with Gasteiger partial charge in [-0.05, 0) is 44.0 Å². The fourth-order valence-corrected chi connectivity index (χ4v) is 3.66. The molecule has 1 heterocycles. The van der Waals surface area contributed by atoms with E-state index < -0.39 is 18.4 Å². The molecule has 1 aromatic heterocycles. The van der Waals surface area contributed by atoms with E-state index in [0.29, 0.717) is 39.3 Å². The molecule has 0 spiro atoms. The molecule has 0 saturated heterocycles. The summed E-state index contributed by atoms with van der Waals surface area (Å²) in [4.78, 5) is 40.5. The first-order valence-corrected chi connectivity index (χ1v) is 10.1. The summed E-state index contributed by atoms with van der Waals surface area (Å²) >= 11 is 0. The van der Waals surface area contributed by atoms with Crippen LogP contribution in [0.5, 0.6) is 5.75 Å². The van der Waals surface area contributed by atoms with Crippen LogP contribution < -0.4 is 4.74 Å². The highest BCUT2D eigenvalue weighted by Gasteiger charge is 2.22. The first kappa shape index (κ1) is 22.7. The molecule has 6 heteroatoms. The Balaban J connectivity index is 1.87. The molecule has 0 fully saturated rings. The first-order chi connectivity index (χ1) is 15.3. The van der Waals surface area contributed by atoms with Gasteiger partial charge in [0, 0.05) is 16.8 Å². The van der Waals surface area contributed by atoms with E-state index in [0.717, 1.165) is 0 Å². The fourth-order valence-electron chi connectivity index (χ4n) is 3.66. The maximum Gasteiger partial charge on any atom is 0.339 e. The van der Waals surface area contributed by atoms with Crippen molar-refractivity contribution in [3.63, 3.8) is 0 Å². The van der Waals surface area contributed by atoms with Gasteiger partial charge in [-0.15, -0.1) is 0 Å². The third-order valence-corrected chi connectivity index (χ3v) is 5.15. The number of ketones is 2. The number of hydrogen-bond donors (Lipinski definition) is 1. The SMILES string of the molecule is COc1ccccc1/C=C(/C(=O)OCC(=O)c1[nH]c(C)c(C(C)=O)c1C)c1ccccc1. The molecule has 6 nitrogen and oxygen atoms in total. The molecule has 0 saturated carbocycles. The maximum absolute atomic E-state index is 13.0. The number of benzene rings is 2. The molecule has 2 aromatic carbocycles. The Morgan fingerprint density at radius 2 is 1.62 bits per heavy atom. The van der Waals surface area contributed by atoms with Gasteiger partial charge in [0.1, 0.15) is 5.75 Å². The molecular weight excluding hydrogens is 406 g/mol. The van der Waals surface area contributed by atoms with Gasteiger partial charge >= 0.3 is 5.97 Å². The summed E-state index contributed by atoms with van der Waals surface area (Å²) in [5, 5.41) is 0. The van der Waals surface area contributed by atoms with Crippen LogP contribution in [0.15, 0.2) is 54.6 Å². The van der Waals surface area contributed by atoms with E-state index in [-0.39, 0.29) is 11.5 Å². The minimum absolute atomic E-state index is 0.126. The van der Waals surface area contributed by atoms with Gasteiger partial charge < -0.3 is 14.5 Å². The van der Waals surface area contributed by atoms with Crippen LogP contribution in [0.25, 0.3) is 11.6 Å². The van der Waals surface area contributed by atoms with Crippen LogP contribution in [0.1, 0.15) is 50.2 Å². The standard InChI is InChI=1S/C26H25NO5/c1-16-24(18(3)28)17(2)27-25(16)22(29)15-32-26(30)21(19-10-6-5-7-11-19)14-20-12-8-9-13-23(20)31-4/h5-14,27H,15H2,1-4H3/b21-14+. The highest BCUT2D eigenvalue weighted by atomic mass is 16.5. The number of carbonyl (C=O) groups is 3. The third-order valence-electron chi connectivity index (χ3n) is 5.15. The van der Waals surface area contributed by atoms with Gasteiger partial charge in [-0.2, -0.15) is 0 Å². The Labute approximate surface area is 186 Å². The quantitative estimate of drug-likeness (QED) is 0.239. The number of nitrogens with one attached hydrogen (secondary N) is 1. The van der Waals surface area contributed by atoms with E-state index >= 15 is 0 Å². The highest BCUT2D eigenvalue weighted by Crippen LogP contribution is 2.26. The van der Waals surface area contributed by atoms with Crippen molar-refractivity contribution >= 4 is 29.2 Å². The molecule has 3 aromatic rings. The Kier molecular flexibility index (Phi) is 7.05. The number of ether oxygens (including phenoxy) is 2. The Morgan fingerprint density at radius 1 is 0.969 bits per heavy atom. The van der Waals surface area contributed by atoms with Crippen molar-refractivity contribution < 1.29 is 23.9 Å². The summed E-state index contributed by atoms with van der Waals surface area (Å²) in [6, 6.07) is 16.4. The van der Waals surface area contributed by atoms with Crippen molar-refractivity contribution in [1.82, 2.24) is 4.98 Å². The van der Waals surface area contributed by atoms with Crippen LogP contribution in [-0.2, 0) is 9.53 Å². The van der Waals surface area contributed by atoms with Gasteiger partial charge in [-0.1, -0.05) is 48.5 Å². The number of hydrogen-bond acceptors (Lipinski definition) is 5. The van der Waals surface area contributed by atoms with E-state index in [4.69, 9.17) is 9.47 Å². The fraction of sp³-hybridized carbons (Fsp3) is 0.192. The lowest BCUT2D eigenvalue weighted by molar-refractivity contribution is -0.135. The summed E-state index contributed by atoms with van der Waals surface area (Å²) in [6.07, 6.45) is 1.68. The monoisotopic (exact) mass is 431 g/mol. The highest BCUT2D eigenvalue weighted by molar-refractivity contribution is 6.22. The number of methoxy groups -OCH3 is 1. The molecule has 1 N–H and O–H groups in total. The van der Waals surface area contributed by atoms with Gasteiger partial charge in [-0.3, -0.25) is 9.59 Å². The number of H-pyrrole nitrogens is 1. The number of aromatic amines is 1. The molecule has 0 atom stereocenters. The lowest BCUT2D eigenvalue weighted by atomic mass is 10.0. The zero-order valence-electron chi connectivity index (χ0n) is 18.5. The molecule has 0 unspecified atom stereocenters. The van der Waals surface area contributed by atoms with E-state index in [1.807, 2.05) is 36.4 Å². The van der Waals surface area contributed by atoms with Crippen LogP contribution in [-0.4, -0.2) is 36.2 Å². The zero-order chi connectivity index (χ0) is 23.3. The van der Waals surface area contributed by atoms with Crippen molar-refractivity contribution in [3.05, 3.63) is 88.2 Å². The number of para-hydroxylation sites is 1. The van der Waals surface area contributed by atoms with E-state index in [2.05, 4.69) is 4.98 Å². The molecular formula is C26H25NO5. The van der Waals surface area contributed by atoms with Gasteiger partial charge in [0.2, 0.25) is 5.78 Å². The first-order valence-electron chi connectivity index (χ1n) is 10.1. The van der Waals surface area contributed by atoms with Crippen molar-refractivity contribution in [2.75, 3.05) is 13.7 Å². The number of rotatable bonds is 8. The van der Waals surface area contributed by atoms with Crippen LogP contribution in [0.4, 0.5) is 0 Å². The Hall–Kier alpha value is -3.93. The normalized spacial score (nSPS) is 11.2. The van der Waals surface area contributed by atoms with Crippen LogP contribution in [0.3, 0.4) is 0 Å². The second-order valence-electron chi connectivity index (χ2n) is 7.35. The van der Waals surface area contributed by atoms with Crippen molar-refractivity contribution in [1.29, 1.82) is 0 Å². The van der Waals surface area contributed by atoms with Gasteiger partial charge in [0.25, 0.3) is 0 Å². The topological polar surface area (TPSA) is 85.5 Å². The largest absolute Gasteiger partial charge is 0.496 e. The summed E-state index contributed by atoms with van der Waals surface area (Å²) in [5.41, 5.74) is 3.60. The maximum atomic E-state index is 13.0. The second-order valence-corrected chi connectivity index (χ2v) is 7.35. The molecule has 3 rings (SSSR count). The molecule has 0 aliphatic heterocycles. The number of aryl methyl sites for hydroxylation is 1. The minimum Gasteiger partial charge on any atom is -0.496 e.